The summed E-state index contributed by atoms with van der Waals surface area (Å²) in [5.74, 6) is -0.560. The van der Waals surface area contributed by atoms with Crippen molar-refractivity contribution in [2.45, 2.75) is 25.4 Å². The minimum Gasteiger partial charge on any atom is -0.317 e. The maximum atomic E-state index is 12.7. The lowest BCUT2D eigenvalue weighted by Gasteiger charge is -2.21. The predicted octanol–water partition coefficient (Wildman–Crippen LogP) is 1.75. The third-order valence-corrected chi connectivity index (χ3v) is 4.13. The van der Waals surface area contributed by atoms with Crippen molar-refractivity contribution in [2.24, 2.45) is 5.92 Å². The average Bonchev–Trinajstić information content (AvgIpc) is 2.88. The molecule has 1 saturated heterocycles. The first kappa shape index (κ1) is 12.8. The van der Waals surface area contributed by atoms with E-state index in [-0.39, 0.29) is 4.96 Å². The molecule has 3 heterocycles. The van der Waals surface area contributed by atoms with E-state index in [1.54, 1.807) is 0 Å². The molecule has 5 nitrogen and oxygen atoms in total. The summed E-state index contributed by atoms with van der Waals surface area (Å²) in [4.78, 5) is 0.205. The normalized spacial score (nSPS) is 18.3. The topological polar surface area (TPSA) is 55.1 Å². The first-order valence-electron chi connectivity index (χ1n) is 6.03. The Bertz CT molecular complexity index is 569. The highest BCUT2D eigenvalue weighted by Crippen LogP contribution is 2.29. The molecule has 2 aromatic rings. The van der Waals surface area contributed by atoms with Gasteiger partial charge >= 0.3 is 6.18 Å². The molecule has 1 aliphatic heterocycles. The van der Waals surface area contributed by atoms with Gasteiger partial charge in [-0.1, -0.05) is 11.3 Å². The summed E-state index contributed by atoms with van der Waals surface area (Å²) in [6.45, 7) is 1.92. The van der Waals surface area contributed by atoms with E-state index in [9.17, 15) is 13.2 Å². The molecule has 2 aromatic heterocycles. The Morgan fingerprint density at radius 3 is 2.68 bits per heavy atom. The highest BCUT2D eigenvalue weighted by atomic mass is 32.1. The Morgan fingerprint density at radius 2 is 2.00 bits per heavy atom. The minimum absolute atomic E-state index is 0.205. The second-order valence-corrected chi connectivity index (χ2v) is 5.65. The number of fused-ring (bicyclic) bond motifs is 1. The lowest BCUT2D eigenvalue weighted by Crippen LogP contribution is -2.28. The SMILES string of the molecule is FC(F)(F)c1nnc2sc(CC3CCNCC3)nn12. The highest BCUT2D eigenvalue weighted by molar-refractivity contribution is 7.16. The van der Waals surface area contributed by atoms with Crippen LogP contribution in [-0.4, -0.2) is 32.9 Å². The molecule has 0 bridgehead atoms. The van der Waals surface area contributed by atoms with Gasteiger partial charge in [-0.2, -0.15) is 22.8 Å². The van der Waals surface area contributed by atoms with Gasteiger partial charge < -0.3 is 5.32 Å². The fourth-order valence-corrected chi connectivity index (χ4v) is 3.20. The molecular weight excluding hydrogens is 279 g/mol. The molecule has 1 fully saturated rings. The summed E-state index contributed by atoms with van der Waals surface area (Å²) < 4.78 is 38.8. The molecule has 0 radical (unpaired) electrons. The summed E-state index contributed by atoms with van der Waals surface area (Å²) in [6, 6.07) is 0. The van der Waals surface area contributed by atoms with E-state index in [4.69, 9.17) is 0 Å². The summed E-state index contributed by atoms with van der Waals surface area (Å²) in [6.07, 6.45) is -1.73. The number of nitrogens with zero attached hydrogens (tertiary/aromatic N) is 4. The van der Waals surface area contributed by atoms with Gasteiger partial charge in [0.2, 0.25) is 4.96 Å². The molecule has 1 N–H and O–H groups in total. The largest absolute Gasteiger partial charge is 0.453 e. The van der Waals surface area contributed by atoms with Crippen LogP contribution in [0.4, 0.5) is 13.2 Å². The van der Waals surface area contributed by atoms with Crippen molar-refractivity contribution < 1.29 is 13.2 Å². The van der Waals surface area contributed by atoms with Gasteiger partial charge in [0.1, 0.15) is 5.01 Å². The first-order valence-corrected chi connectivity index (χ1v) is 6.85. The van der Waals surface area contributed by atoms with Gasteiger partial charge in [0, 0.05) is 6.42 Å². The average molecular weight is 291 g/mol. The molecule has 0 spiro atoms. The van der Waals surface area contributed by atoms with Gasteiger partial charge in [0.15, 0.2) is 0 Å². The molecule has 0 amide bonds. The second-order valence-electron chi connectivity index (χ2n) is 4.61. The van der Waals surface area contributed by atoms with Crippen LogP contribution in [0.2, 0.25) is 0 Å². The van der Waals surface area contributed by atoms with Crippen molar-refractivity contribution in [3.63, 3.8) is 0 Å². The number of alkyl halides is 3. The van der Waals surface area contributed by atoms with Gasteiger partial charge in [-0.3, -0.25) is 0 Å². The second kappa shape index (κ2) is 4.71. The maximum Gasteiger partial charge on any atom is 0.453 e. The van der Waals surface area contributed by atoms with E-state index >= 15 is 0 Å². The van der Waals surface area contributed by atoms with Crippen LogP contribution in [0, 0.1) is 5.92 Å². The molecule has 0 aromatic carbocycles. The zero-order valence-electron chi connectivity index (χ0n) is 9.94. The summed E-state index contributed by atoms with van der Waals surface area (Å²) in [5, 5.41) is 14.6. The summed E-state index contributed by atoms with van der Waals surface area (Å²) >= 11 is 1.19. The lowest BCUT2D eigenvalue weighted by atomic mass is 9.95. The van der Waals surface area contributed by atoms with Crippen molar-refractivity contribution in [1.29, 1.82) is 0 Å². The van der Waals surface area contributed by atoms with E-state index in [0.29, 0.717) is 17.3 Å². The lowest BCUT2D eigenvalue weighted by molar-refractivity contribution is -0.146. The van der Waals surface area contributed by atoms with Crippen LogP contribution < -0.4 is 5.32 Å². The van der Waals surface area contributed by atoms with Gasteiger partial charge in [0.05, 0.1) is 0 Å². The zero-order valence-corrected chi connectivity index (χ0v) is 10.8. The molecule has 0 aliphatic carbocycles. The summed E-state index contributed by atoms with van der Waals surface area (Å²) in [5.41, 5.74) is 0. The number of nitrogens with one attached hydrogen (secondary N) is 1. The van der Waals surface area contributed by atoms with Crippen LogP contribution in [0.5, 0.6) is 0 Å². The van der Waals surface area contributed by atoms with E-state index in [1.807, 2.05) is 0 Å². The van der Waals surface area contributed by atoms with Gasteiger partial charge in [-0.25, -0.2) is 0 Å². The van der Waals surface area contributed by atoms with Crippen LogP contribution in [0.3, 0.4) is 0 Å². The number of hydrogen-bond donors (Lipinski definition) is 1. The molecular formula is C10H12F3N5S. The standard InChI is InChI=1S/C10H12F3N5S/c11-10(12,13)8-15-16-9-18(8)17-7(19-9)5-6-1-3-14-4-2-6/h6,14H,1-5H2. The molecule has 0 atom stereocenters. The van der Waals surface area contributed by atoms with E-state index < -0.39 is 12.0 Å². The van der Waals surface area contributed by atoms with Crippen LogP contribution in [0.15, 0.2) is 0 Å². The van der Waals surface area contributed by atoms with E-state index in [0.717, 1.165) is 30.4 Å². The van der Waals surface area contributed by atoms with Crippen molar-refractivity contribution in [3.05, 3.63) is 10.8 Å². The number of hydrogen-bond acceptors (Lipinski definition) is 5. The molecule has 19 heavy (non-hydrogen) atoms. The van der Waals surface area contributed by atoms with Crippen molar-refractivity contribution >= 4 is 16.3 Å². The Hall–Kier alpha value is -1.22. The quantitative estimate of drug-likeness (QED) is 0.916. The maximum absolute atomic E-state index is 12.7. The van der Waals surface area contributed by atoms with Gasteiger partial charge in [-0.05, 0) is 31.8 Å². The Morgan fingerprint density at radius 1 is 1.26 bits per heavy atom. The van der Waals surface area contributed by atoms with Crippen LogP contribution in [-0.2, 0) is 12.6 Å². The Labute approximate surface area is 110 Å². The fraction of sp³-hybridized carbons (Fsp3) is 0.700. The van der Waals surface area contributed by atoms with Crippen molar-refractivity contribution in [1.82, 2.24) is 25.1 Å². The monoisotopic (exact) mass is 291 g/mol. The molecule has 3 rings (SSSR count). The minimum atomic E-state index is -4.51. The number of halogens is 3. The smallest absolute Gasteiger partial charge is 0.317 e. The van der Waals surface area contributed by atoms with E-state index in [1.165, 1.54) is 11.3 Å². The molecule has 0 saturated carbocycles. The zero-order chi connectivity index (χ0) is 13.5. The Balaban J connectivity index is 1.83. The molecule has 0 unspecified atom stereocenters. The first-order chi connectivity index (χ1) is 9.04. The number of aromatic nitrogens is 4. The summed E-state index contributed by atoms with van der Waals surface area (Å²) in [7, 11) is 0. The van der Waals surface area contributed by atoms with E-state index in [2.05, 4.69) is 20.6 Å². The predicted molar refractivity (Wildman–Crippen MR) is 63.0 cm³/mol. The highest BCUT2D eigenvalue weighted by Gasteiger charge is 2.38. The van der Waals surface area contributed by atoms with Crippen molar-refractivity contribution in [3.8, 4) is 0 Å². The van der Waals surface area contributed by atoms with Crippen LogP contribution >= 0.6 is 11.3 Å². The van der Waals surface area contributed by atoms with Crippen molar-refractivity contribution in [2.75, 3.05) is 13.1 Å². The third-order valence-electron chi connectivity index (χ3n) is 3.21. The third kappa shape index (κ3) is 2.57. The number of piperidine rings is 1. The molecule has 1 aliphatic rings. The van der Waals surface area contributed by atoms with Crippen LogP contribution in [0.25, 0.3) is 4.96 Å². The van der Waals surface area contributed by atoms with Crippen LogP contribution in [0.1, 0.15) is 23.7 Å². The number of rotatable bonds is 2. The molecule has 9 heteroatoms. The van der Waals surface area contributed by atoms with Gasteiger partial charge in [-0.15, -0.1) is 10.2 Å². The fourth-order valence-electron chi connectivity index (χ4n) is 2.25. The Kier molecular flexibility index (Phi) is 3.17. The van der Waals surface area contributed by atoms with Gasteiger partial charge in [0.25, 0.3) is 5.82 Å². The molecule has 104 valence electrons.